The second kappa shape index (κ2) is 6.83. The minimum absolute atomic E-state index is 0.245. The number of aryl methyl sites for hydroxylation is 1. The summed E-state index contributed by atoms with van der Waals surface area (Å²) in [5.41, 5.74) is 4.46. The predicted octanol–water partition coefficient (Wildman–Crippen LogP) is 5.95. The highest BCUT2D eigenvalue weighted by molar-refractivity contribution is 6.06. The maximum absolute atomic E-state index is 13.4. The standard InChI is InChI=1S/C26H27FO2/c1-26-12-11-22-21-10-8-20(29-2)14-17(21)5-9-23(22)24(26)15-18(25(26)28)13-16-3-6-19(27)7-4-16/h3-4,6-8,10,13-14,22-24H,5,9,11-12,15H2,1-2H3/b18-13+/t22-,23-,24+,26+/m1/s1. The summed E-state index contributed by atoms with van der Waals surface area (Å²) in [6, 6.07) is 13.0. The maximum atomic E-state index is 13.4. The van der Waals surface area contributed by atoms with Gasteiger partial charge in [-0.05, 0) is 102 Å². The van der Waals surface area contributed by atoms with Gasteiger partial charge in [-0.1, -0.05) is 25.1 Å². The van der Waals surface area contributed by atoms with E-state index in [0.717, 1.165) is 49.0 Å². The number of hydrogen-bond acceptors (Lipinski definition) is 2. The molecule has 2 fully saturated rings. The first-order valence-electron chi connectivity index (χ1n) is 10.7. The zero-order valence-corrected chi connectivity index (χ0v) is 17.1. The summed E-state index contributed by atoms with van der Waals surface area (Å²) in [5.74, 6) is 2.49. The number of halogens is 1. The fraction of sp³-hybridized carbons (Fsp3) is 0.423. The average Bonchev–Trinajstić information content (AvgIpc) is 2.99. The van der Waals surface area contributed by atoms with Crippen LogP contribution in [0.1, 0.15) is 55.2 Å². The fourth-order valence-corrected chi connectivity index (χ4v) is 6.25. The summed E-state index contributed by atoms with van der Waals surface area (Å²) in [7, 11) is 1.72. The Kier molecular flexibility index (Phi) is 4.38. The Hall–Kier alpha value is -2.42. The summed E-state index contributed by atoms with van der Waals surface area (Å²) < 4.78 is 18.7. The number of rotatable bonds is 2. The van der Waals surface area contributed by atoms with Gasteiger partial charge in [-0.25, -0.2) is 4.39 Å². The van der Waals surface area contributed by atoms with Crippen LogP contribution in [-0.4, -0.2) is 12.9 Å². The van der Waals surface area contributed by atoms with Gasteiger partial charge < -0.3 is 4.74 Å². The first-order chi connectivity index (χ1) is 14.0. The molecule has 2 aromatic carbocycles. The minimum Gasteiger partial charge on any atom is -0.497 e. The lowest BCUT2D eigenvalue weighted by molar-refractivity contribution is -0.127. The van der Waals surface area contributed by atoms with E-state index >= 15 is 0 Å². The summed E-state index contributed by atoms with van der Waals surface area (Å²) in [6.07, 6.45) is 7.06. The maximum Gasteiger partial charge on any atom is 0.165 e. The molecule has 2 nitrogen and oxygen atoms in total. The van der Waals surface area contributed by atoms with Crippen molar-refractivity contribution in [3.8, 4) is 5.75 Å². The third kappa shape index (κ3) is 2.94. The molecule has 4 atom stereocenters. The zero-order chi connectivity index (χ0) is 20.2. The Morgan fingerprint density at radius 2 is 1.93 bits per heavy atom. The van der Waals surface area contributed by atoms with E-state index in [4.69, 9.17) is 4.74 Å². The first-order valence-corrected chi connectivity index (χ1v) is 10.7. The Morgan fingerprint density at radius 1 is 1.14 bits per heavy atom. The van der Waals surface area contributed by atoms with E-state index in [-0.39, 0.29) is 11.2 Å². The average molecular weight is 390 g/mol. The van der Waals surface area contributed by atoms with Crippen molar-refractivity contribution in [3.63, 3.8) is 0 Å². The lowest BCUT2D eigenvalue weighted by Crippen LogP contribution is -2.42. The number of benzene rings is 2. The molecule has 0 aliphatic heterocycles. The minimum atomic E-state index is -0.253. The van der Waals surface area contributed by atoms with E-state index in [1.807, 2.05) is 6.08 Å². The SMILES string of the molecule is COc1ccc2c(c1)CC[C@@H]1[C@@H]2CC[C@]2(C)C(=O)/C(=C/c3ccc(F)cc3)C[C@@H]12. The van der Waals surface area contributed by atoms with Crippen molar-refractivity contribution < 1.29 is 13.9 Å². The van der Waals surface area contributed by atoms with Gasteiger partial charge in [0.15, 0.2) is 5.78 Å². The van der Waals surface area contributed by atoms with E-state index in [9.17, 15) is 9.18 Å². The van der Waals surface area contributed by atoms with Crippen LogP contribution in [0, 0.1) is 23.1 Å². The van der Waals surface area contributed by atoms with Crippen LogP contribution in [0.4, 0.5) is 4.39 Å². The van der Waals surface area contributed by atoms with Crippen LogP contribution in [-0.2, 0) is 11.2 Å². The van der Waals surface area contributed by atoms with Gasteiger partial charge in [-0.2, -0.15) is 0 Å². The molecule has 0 heterocycles. The topological polar surface area (TPSA) is 26.3 Å². The number of allylic oxidation sites excluding steroid dienone is 1. The summed E-state index contributed by atoms with van der Waals surface area (Å²) in [5, 5.41) is 0. The van der Waals surface area contributed by atoms with E-state index < -0.39 is 0 Å². The number of hydrogen-bond donors (Lipinski definition) is 0. The van der Waals surface area contributed by atoms with Gasteiger partial charge in [0.05, 0.1) is 7.11 Å². The second-order valence-electron chi connectivity index (χ2n) is 9.19. The van der Waals surface area contributed by atoms with Crippen LogP contribution in [0.5, 0.6) is 5.75 Å². The predicted molar refractivity (Wildman–Crippen MR) is 112 cm³/mol. The van der Waals surface area contributed by atoms with E-state index in [1.165, 1.54) is 23.3 Å². The zero-order valence-electron chi connectivity index (χ0n) is 17.1. The van der Waals surface area contributed by atoms with Gasteiger partial charge in [-0.3, -0.25) is 4.79 Å². The van der Waals surface area contributed by atoms with Gasteiger partial charge in [-0.15, -0.1) is 0 Å². The highest BCUT2D eigenvalue weighted by atomic mass is 19.1. The third-order valence-corrected chi connectivity index (χ3v) is 7.78. The molecule has 150 valence electrons. The molecular formula is C26H27FO2. The van der Waals surface area contributed by atoms with Gasteiger partial charge in [0.2, 0.25) is 0 Å². The van der Waals surface area contributed by atoms with Crippen molar-refractivity contribution in [2.45, 2.75) is 44.9 Å². The first kappa shape index (κ1) is 18.6. The van der Waals surface area contributed by atoms with Crippen LogP contribution in [0.2, 0.25) is 0 Å². The Balaban J connectivity index is 1.47. The molecule has 0 saturated heterocycles. The normalized spacial score (nSPS) is 31.9. The summed E-state index contributed by atoms with van der Waals surface area (Å²) in [6.45, 7) is 2.19. The molecule has 0 unspecified atom stereocenters. The molecule has 0 aromatic heterocycles. The van der Waals surface area contributed by atoms with Crippen LogP contribution in [0.25, 0.3) is 6.08 Å². The van der Waals surface area contributed by atoms with Crippen LogP contribution in [0.15, 0.2) is 48.0 Å². The second-order valence-corrected chi connectivity index (χ2v) is 9.19. The van der Waals surface area contributed by atoms with Crippen molar-refractivity contribution in [2.75, 3.05) is 7.11 Å². The Labute approximate surface area is 171 Å². The largest absolute Gasteiger partial charge is 0.497 e. The number of methoxy groups -OCH3 is 1. The van der Waals surface area contributed by atoms with Gasteiger partial charge in [0, 0.05) is 5.41 Å². The van der Waals surface area contributed by atoms with Gasteiger partial charge >= 0.3 is 0 Å². The molecule has 2 saturated carbocycles. The molecule has 2 aromatic rings. The van der Waals surface area contributed by atoms with Crippen LogP contribution in [0.3, 0.4) is 0 Å². The van der Waals surface area contributed by atoms with Crippen molar-refractivity contribution in [2.24, 2.45) is 17.3 Å². The van der Waals surface area contributed by atoms with Crippen molar-refractivity contribution in [1.29, 1.82) is 0 Å². The number of fused-ring (bicyclic) bond motifs is 5. The van der Waals surface area contributed by atoms with Crippen LogP contribution < -0.4 is 4.74 Å². The molecule has 0 N–H and O–H groups in total. The number of Topliss-reactive ketones (excluding diaryl/α,β-unsaturated/α-hetero) is 1. The molecule has 0 spiro atoms. The molecule has 5 rings (SSSR count). The lowest BCUT2D eigenvalue weighted by atomic mass is 9.55. The summed E-state index contributed by atoms with van der Waals surface area (Å²) >= 11 is 0. The van der Waals surface area contributed by atoms with Crippen molar-refractivity contribution in [3.05, 3.63) is 70.5 Å². The molecule has 0 amide bonds. The number of carbonyl (C=O) groups excluding carboxylic acids is 1. The highest BCUT2D eigenvalue weighted by Gasteiger charge is 2.56. The Bertz CT molecular complexity index is 990. The third-order valence-electron chi connectivity index (χ3n) is 7.78. The lowest BCUT2D eigenvalue weighted by Gasteiger charge is -2.48. The summed E-state index contributed by atoms with van der Waals surface area (Å²) in [4.78, 5) is 13.4. The van der Waals surface area contributed by atoms with Crippen molar-refractivity contribution >= 4 is 11.9 Å². The van der Waals surface area contributed by atoms with E-state index in [2.05, 4.69) is 25.1 Å². The highest BCUT2D eigenvalue weighted by Crippen LogP contribution is 2.60. The smallest absolute Gasteiger partial charge is 0.165 e. The molecule has 0 bridgehead atoms. The van der Waals surface area contributed by atoms with Crippen molar-refractivity contribution in [1.82, 2.24) is 0 Å². The van der Waals surface area contributed by atoms with Gasteiger partial charge in [0.1, 0.15) is 11.6 Å². The van der Waals surface area contributed by atoms with E-state index in [1.54, 1.807) is 19.2 Å². The Morgan fingerprint density at radius 3 is 2.69 bits per heavy atom. The molecule has 3 heteroatoms. The van der Waals surface area contributed by atoms with Crippen LogP contribution >= 0.6 is 0 Å². The molecule has 3 aliphatic rings. The monoisotopic (exact) mass is 390 g/mol. The number of carbonyl (C=O) groups is 1. The number of ketones is 1. The number of ether oxygens (including phenoxy) is 1. The molecule has 29 heavy (non-hydrogen) atoms. The molecule has 0 radical (unpaired) electrons. The fourth-order valence-electron chi connectivity index (χ4n) is 6.25. The molecular weight excluding hydrogens is 363 g/mol. The quantitative estimate of drug-likeness (QED) is 0.592. The molecule has 3 aliphatic carbocycles. The van der Waals surface area contributed by atoms with E-state index in [0.29, 0.717) is 23.5 Å². The van der Waals surface area contributed by atoms with Gasteiger partial charge in [0.25, 0.3) is 0 Å².